The lowest BCUT2D eigenvalue weighted by Crippen LogP contribution is -2.56. The Kier molecular flexibility index (Phi) is 5.05. The Morgan fingerprint density at radius 2 is 1.90 bits per heavy atom. The average Bonchev–Trinajstić information content (AvgIpc) is 3.04. The second-order valence-corrected chi connectivity index (χ2v) is 8.86. The highest BCUT2D eigenvalue weighted by atomic mass is 19.1. The summed E-state index contributed by atoms with van der Waals surface area (Å²) >= 11 is 0. The Bertz CT molecular complexity index is 1130. The number of aromatic nitrogens is 1. The number of likely N-dealkylation sites (tertiary alicyclic amines) is 1. The number of H-pyrrole nitrogens is 1. The van der Waals surface area contributed by atoms with Crippen molar-refractivity contribution in [2.45, 2.75) is 38.1 Å². The van der Waals surface area contributed by atoms with E-state index in [0.717, 1.165) is 59.1 Å². The van der Waals surface area contributed by atoms with Crippen LogP contribution >= 0.6 is 0 Å². The fourth-order valence-corrected chi connectivity index (χ4v) is 5.10. The predicted molar refractivity (Wildman–Crippen MR) is 116 cm³/mol. The molecule has 2 aliphatic rings. The first-order valence-corrected chi connectivity index (χ1v) is 10.8. The summed E-state index contributed by atoms with van der Waals surface area (Å²) in [5.74, 6) is -0.213. The van der Waals surface area contributed by atoms with Crippen LogP contribution in [-0.2, 0) is 9.53 Å². The third-order valence-corrected chi connectivity index (χ3v) is 6.92. The van der Waals surface area contributed by atoms with Crippen molar-refractivity contribution in [2.24, 2.45) is 5.92 Å². The summed E-state index contributed by atoms with van der Waals surface area (Å²) < 4.78 is 33.0. The SMILES string of the molecule is COC[C@@H]1CCN1C(=O)[C@H]1C[C@H](c2c(-c3ccc(F)cc3)[nH]c3c(C)cc(F)cc32)C1. The number of nitrogens with one attached hydrogen (secondary N) is 1. The second-order valence-electron chi connectivity index (χ2n) is 8.86. The summed E-state index contributed by atoms with van der Waals surface area (Å²) in [6.07, 6.45) is 2.48. The number of benzene rings is 2. The zero-order valence-corrected chi connectivity index (χ0v) is 17.8. The van der Waals surface area contributed by atoms with E-state index in [1.165, 1.54) is 18.2 Å². The summed E-state index contributed by atoms with van der Waals surface area (Å²) in [6, 6.07) is 9.63. The molecule has 1 N–H and O–H groups in total. The maximum atomic E-state index is 14.3. The minimum atomic E-state index is -0.293. The molecule has 1 aliphatic heterocycles. The van der Waals surface area contributed by atoms with Gasteiger partial charge in [-0.3, -0.25) is 4.79 Å². The van der Waals surface area contributed by atoms with E-state index in [2.05, 4.69) is 4.98 Å². The van der Waals surface area contributed by atoms with Gasteiger partial charge in [-0.1, -0.05) is 0 Å². The summed E-state index contributed by atoms with van der Waals surface area (Å²) in [4.78, 5) is 18.3. The number of carbonyl (C=O) groups excluding carboxylic acids is 1. The lowest BCUT2D eigenvalue weighted by atomic mass is 9.69. The molecule has 0 spiro atoms. The van der Waals surface area contributed by atoms with Gasteiger partial charge in [-0.15, -0.1) is 0 Å². The third kappa shape index (κ3) is 3.43. The highest BCUT2D eigenvalue weighted by molar-refractivity contribution is 5.94. The molecule has 0 radical (unpaired) electrons. The van der Waals surface area contributed by atoms with Crippen LogP contribution in [0.2, 0.25) is 0 Å². The number of hydrogen-bond acceptors (Lipinski definition) is 2. The minimum Gasteiger partial charge on any atom is -0.383 e. The summed E-state index contributed by atoms with van der Waals surface area (Å²) in [5, 5.41) is 0.855. The number of halogens is 2. The van der Waals surface area contributed by atoms with E-state index in [1.807, 2.05) is 11.8 Å². The summed E-state index contributed by atoms with van der Waals surface area (Å²) in [7, 11) is 1.66. The Morgan fingerprint density at radius 3 is 2.55 bits per heavy atom. The molecule has 2 heterocycles. The van der Waals surface area contributed by atoms with E-state index in [0.29, 0.717) is 6.61 Å². The molecule has 1 aliphatic carbocycles. The van der Waals surface area contributed by atoms with Crippen molar-refractivity contribution < 1.29 is 18.3 Å². The quantitative estimate of drug-likeness (QED) is 0.615. The molecule has 1 saturated carbocycles. The Balaban J connectivity index is 1.46. The largest absolute Gasteiger partial charge is 0.383 e. The molecule has 4 nitrogen and oxygen atoms in total. The van der Waals surface area contributed by atoms with Gasteiger partial charge >= 0.3 is 0 Å². The topological polar surface area (TPSA) is 45.3 Å². The molecule has 1 aromatic heterocycles. The van der Waals surface area contributed by atoms with Crippen molar-refractivity contribution in [1.29, 1.82) is 0 Å². The van der Waals surface area contributed by atoms with Crippen molar-refractivity contribution in [3.63, 3.8) is 0 Å². The zero-order valence-electron chi connectivity index (χ0n) is 17.8. The van der Waals surface area contributed by atoms with Gasteiger partial charge in [-0.25, -0.2) is 8.78 Å². The fraction of sp³-hybridized carbons (Fsp3) is 0.400. The molecule has 6 heteroatoms. The molecule has 0 unspecified atom stereocenters. The van der Waals surface area contributed by atoms with Crippen LogP contribution in [0.4, 0.5) is 8.78 Å². The maximum Gasteiger partial charge on any atom is 0.226 e. The number of amides is 1. The van der Waals surface area contributed by atoms with Gasteiger partial charge in [0.1, 0.15) is 11.6 Å². The molecule has 0 bridgehead atoms. The molecule has 2 fully saturated rings. The fourth-order valence-electron chi connectivity index (χ4n) is 5.10. The smallest absolute Gasteiger partial charge is 0.226 e. The minimum absolute atomic E-state index is 0.00895. The van der Waals surface area contributed by atoms with Gasteiger partial charge in [0.2, 0.25) is 5.91 Å². The molecular formula is C25H26F2N2O2. The molecule has 162 valence electrons. The van der Waals surface area contributed by atoms with Gasteiger partial charge in [0.05, 0.1) is 12.6 Å². The van der Waals surface area contributed by atoms with Gasteiger partial charge in [0, 0.05) is 36.2 Å². The van der Waals surface area contributed by atoms with Crippen molar-refractivity contribution in [1.82, 2.24) is 9.88 Å². The molecule has 1 atom stereocenters. The van der Waals surface area contributed by atoms with Crippen molar-refractivity contribution in [2.75, 3.05) is 20.3 Å². The molecule has 1 amide bonds. The van der Waals surface area contributed by atoms with E-state index in [9.17, 15) is 13.6 Å². The molecule has 3 aromatic rings. The average molecular weight is 424 g/mol. The number of aromatic amines is 1. The molecule has 5 rings (SSSR count). The number of aryl methyl sites for hydroxylation is 1. The Hall–Kier alpha value is -2.73. The monoisotopic (exact) mass is 424 g/mol. The van der Waals surface area contributed by atoms with Gasteiger partial charge in [-0.2, -0.15) is 0 Å². The summed E-state index contributed by atoms with van der Waals surface area (Å²) in [6.45, 7) is 3.26. The normalized spacial score (nSPS) is 23.0. The van der Waals surface area contributed by atoms with Crippen molar-refractivity contribution in [3.05, 3.63) is 59.2 Å². The van der Waals surface area contributed by atoms with Crippen LogP contribution in [-0.4, -0.2) is 42.1 Å². The lowest BCUT2D eigenvalue weighted by molar-refractivity contribution is -0.148. The maximum absolute atomic E-state index is 14.3. The number of hydrogen-bond donors (Lipinski definition) is 1. The first-order chi connectivity index (χ1) is 15.0. The lowest BCUT2D eigenvalue weighted by Gasteiger charge is -2.46. The third-order valence-electron chi connectivity index (χ3n) is 6.92. The highest BCUT2D eigenvalue weighted by Gasteiger charge is 2.43. The summed E-state index contributed by atoms with van der Waals surface area (Å²) in [5.41, 5.74) is 4.52. The molecule has 1 saturated heterocycles. The van der Waals surface area contributed by atoms with E-state index in [-0.39, 0.29) is 35.4 Å². The van der Waals surface area contributed by atoms with Crippen LogP contribution in [0, 0.1) is 24.5 Å². The van der Waals surface area contributed by atoms with Crippen LogP contribution in [0.15, 0.2) is 36.4 Å². The van der Waals surface area contributed by atoms with Crippen molar-refractivity contribution in [3.8, 4) is 11.3 Å². The zero-order chi connectivity index (χ0) is 21.7. The number of nitrogens with zero attached hydrogens (tertiary/aromatic N) is 1. The number of rotatable bonds is 5. The van der Waals surface area contributed by atoms with Gasteiger partial charge in [-0.05, 0) is 85.2 Å². The number of carbonyl (C=O) groups is 1. The van der Waals surface area contributed by atoms with Gasteiger partial charge in [0.25, 0.3) is 0 Å². The van der Waals surface area contributed by atoms with Gasteiger partial charge < -0.3 is 14.6 Å². The van der Waals surface area contributed by atoms with E-state index < -0.39 is 0 Å². The van der Waals surface area contributed by atoms with Crippen molar-refractivity contribution >= 4 is 16.8 Å². The van der Waals surface area contributed by atoms with Crippen LogP contribution in [0.3, 0.4) is 0 Å². The molecule has 31 heavy (non-hydrogen) atoms. The Morgan fingerprint density at radius 1 is 1.16 bits per heavy atom. The number of ether oxygens (including phenoxy) is 1. The Labute approximate surface area is 180 Å². The second kappa shape index (κ2) is 7.75. The van der Waals surface area contributed by atoms with Crippen LogP contribution < -0.4 is 0 Å². The van der Waals surface area contributed by atoms with Crippen LogP contribution in [0.25, 0.3) is 22.2 Å². The van der Waals surface area contributed by atoms with Crippen LogP contribution in [0.1, 0.15) is 36.3 Å². The predicted octanol–water partition coefficient (Wildman–Crippen LogP) is 5.16. The first kappa shape index (κ1) is 20.2. The highest BCUT2D eigenvalue weighted by Crippen LogP contribution is 2.49. The number of fused-ring (bicyclic) bond motifs is 1. The van der Waals surface area contributed by atoms with Gasteiger partial charge in [0.15, 0.2) is 0 Å². The standard InChI is InChI=1S/C25H26F2N2O2/c1-14-9-19(27)12-21-22(24(28-23(14)21)15-3-5-18(26)6-4-15)16-10-17(11-16)25(30)29-8-7-20(29)13-31-2/h3-6,9,12,16-17,20,28H,7-8,10-11,13H2,1-2H3/t16-,17-,20-/m0/s1. The molecular weight excluding hydrogens is 398 g/mol. The van der Waals surface area contributed by atoms with E-state index >= 15 is 0 Å². The number of methoxy groups -OCH3 is 1. The van der Waals surface area contributed by atoms with Crippen LogP contribution in [0.5, 0.6) is 0 Å². The van der Waals surface area contributed by atoms with E-state index in [1.54, 1.807) is 25.3 Å². The molecule has 2 aromatic carbocycles. The first-order valence-electron chi connectivity index (χ1n) is 10.8. The van der Waals surface area contributed by atoms with E-state index in [4.69, 9.17) is 4.74 Å².